The highest BCUT2D eigenvalue weighted by atomic mass is 16.4. The third-order valence-electron chi connectivity index (χ3n) is 4.09. The van der Waals surface area contributed by atoms with Gasteiger partial charge in [0.15, 0.2) is 0 Å². The first-order valence-corrected chi connectivity index (χ1v) is 6.58. The van der Waals surface area contributed by atoms with Crippen molar-refractivity contribution in [2.75, 3.05) is 18.4 Å². The number of carboxylic acid groups (broad SMARTS) is 1. The fourth-order valence-electron chi connectivity index (χ4n) is 3.17. The molecule has 2 N–H and O–H groups in total. The van der Waals surface area contributed by atoms with Crippen molar-refractivity contribution in [2.45, 2.75) is 31.3 Å². The standard InChI is InChI=1S/C14H18N2O2/c17-14(18)10-3-5-11(6-4-10)15-12-7-9-16-8-1-2-13(12)16/h3-6,12-13,15H,1-2,7-9H2,(H,17,18). The summed E-state index contributed by atoms with van der Waals surface area (Å²) in [5, 5.41) is 12.4. The van der Waals surface area contributed by atoms with Crippen molar-refractivity contribution >= 4 is 11.7 Å². The lowest BCUT2D eigenvalue weighted by molar-refractivity contribution is 0.0697. The molecule has 0 amide bonds. The van der Waals surface area contributed by atoms with Gasteiger partial charge in [0.25, 0.3) is 0 Å². The Morgan fingerprint density at radius 2 is 2.00 bits per heavy atom. The van der Waals surface area contributed by atoms with Gasteiger partial charge in [-0.25, -0.2) is 4.79 Å². The van der Waals surface area contributed by atoms with Crippen LogP contribution in [0.15, 0.2) is 24.3 Å². The van der Waals surface area contributed by atoms with Gasteiger partial charge in [0.05, 0.1) is 5.56 Å². The lowest BCUT2D eigenvalue weighted by atomic mass is 10.1. The Hall–Kier alpha value is -1.55. The molecule has 18 heavy (non-hydrogen) atoms. The van der Waals surface area contributed by atoms with Crippen molar-refractivity contribution in [3.8, 4) is 0 Å². The highest BCUT2D eigenvalue weighted by Gasteiger charge is 2.36. The van der Waals surface area contributed by atoms with Crippen LogP contribution in [0.25, 0.3) is 0 Å². The van der Waals surface area contributed by atoms with Crippen molar-refractivity contribution in [2.24, 2.45) is 0 Å². The van der Waals surface area contributed by atoms with Crippen molar-refractivity contribution in [3.63, 3.8) is 0 Å². The normalized spacial score (nSPS) is 27.1. The van der Waals surface area contributed by atoms with E-state index in [2.05, 4.69) is 10.2 Å². The van der Waals surface area contributed by atoms with E-state index >= 15 is 0 Å². The van der Waals surface area contributed by atoms with Gasteiger partial charge in [-0.15, -0.1) is 0 Å². The van der Waals surface area contributed by atoms with Crippen LogP contribution in [0.3, 0.4) is 0 Å². The number of carboxylic acids is 1. The molecular formula is C14H18N2O2. The summed E-state index contributed by atoms with van der Waals surface area (Å²) >= 11 is 0. The number of nitrogens with zero attached hydrogens (tertiary/aromatic N) is 1. The van der Waals surface area contributed by atoms with Crippen molar-refractivity contribution in [3.05, 3.63) is 29.8 Å². The molecule has 2 saturated heterocycles. The van der Waals surface area contributed by atoms with E-state index in [9.17, 15) is 4.79 Å². The van der Waals surface area contributed by atoms with Crippen molar-refractivity contribution in [1.82, 2.24) is 4.90 Å². The SMILES string of the molecule is O=C(O)c1ccc(NC2CCN3CCCC23)cc1. The van der Waals surface area contributed by atoms with Gasteiger partial charge in [0.1, 0.15) is 0 Å². The van der Waals surface area contributed by atoms with E-state index < -0.39 is 5.97 Å². The molecule has 3 rings (SSSR count). The molecule has 0 saturated carbocycles. The summed E-state index contributed by atoms with van der Waals surface area (Å²) in [5.41, 5.74) is 1.37. The molecule has 2 fully saturated rings. The lowest BCUT2D eigenvalue weighted by Gasteiger charge is -2.22. The minimum atomic E-state index is -0.871. The van der Waals surface area contributed by atoms with E-state index in [-0.39, 0.29) is 0 Å². The van der Waals surface area contributed by atoms with Crippen LogP contribution in [0.1, 0.15) is 29.6 Å². The lowest BCUT2D eigenvalue weighted by Crippen LogP contribution is -2.33. The quantitative estimate of drug-likeness (QED) is 0.857. The first kappa shape index (κ1) is 11.5. The van der Waals surface area contributed by atoms with Crippen LogP contribution in [0.5, 0.6) is 0 Å². The molecule has 1 aromatic carbocycles. The minimum absolute atomic E-state index is 0.342. The molecule has 0 spiro atoms. The molecular weight excluding hydrogens is 228 g/mol. The Labute approximate surface area is 107 Å². The number of anilines is 1. The molecule has 2 heterocycles. The first-order chi connectivity index (χ1) is 8.74. The third-order valence-corrected chi connectivity index (χ3v) is 4.09. The van der Waals surface area contributed by atoms with Crippen LogP contribution in [0.2, 0.25) is 0 Å². The fraction of sp³-hybridized carbons (Fsp3) is 0.500. The van der Waals surface area contributed by atoms with Gasteiger partial charge < -0.3 is 10.4 Å². The zero-order valence-corrected chi connectivity index (χ0v) is 10.3. The van der Waals surface area contributed by atoms with E-state index in [1.54, 1.807) is 12.1 Å². The average Bonchev–Trinajstić information content (AvgIpc) is 2.95. The molecule has 2 unspecified atom stereocenters. The molecule has 4 heteroatoms. The Morgan fingerprint density at radius 1 is 1.22 bits per heavy atom. The van der Waals surface area contributed by atoms with Gasteiger partial charge in [-0.1, -0.05) is 0 Å². The van der Waals surface area contributed by atoms with Crippen molar-refractivity contribution in [1.29, 1.82) is 0 Å². The summed E-state index contributed by atoms with van der Waals surface area (Å²) in [6, 6.07) is 8.23. The van der Waals surface area contributed by atoms with Crippen LogP contribution in [-0.2, 0) is 0 Å². The van der Waals surface area contributed by atoms with Gasteiger partial charge in [0.2, 0.25) is 0 Å². The van der Waals surface area contributed by atoms with Crippen LogP contribution in [-0.4, -0.2) is 41.1 Å². The second-order valence-corrected chi connectivity index (χ2v) is 5.17. The van der Waals surface area contributed by atoms with Gasteiger partial charge in [0, 0.05) is 24.3 Å². The van der Waals surface area contributed by atoms with E-state index in [1.807, 2.05) is 12.1 Å². The third kappa shape index (κ3) is 2.08. The maximum atomic E-state index is 10.8. The summed E-state index contributed by atoms with van der Waals surface area (Å²) in [6.45, 7) is 2.43. The Balaban J connectivity index is 1.67. The van der Waals surface area contributed by atoms with Gasteiger partial charge in [-0.05, 0) is 50.1 Å². The number of carbonyl (C=O) groups is 1. The van der Waals surface area contributed by atoms with Gasteiger partial charge in [-0.2, -0.15) is 0 Å². The molecule has 0 aliphatic carbocycles. The fourth-order valence-corrected chi connectivity index (χ4v) is 3.17. The average molecular weight is 246 g/mol. The van der Waals surface area contributed by atoms with Gasteiger partial charge >= 0.3 is 5.97 Å². The monoisotopic (exact) mass is 246 g/mol. The molecule has 0 aromatic heterocycles. The maximum Gasteiger partial charge on any atom is 0.335 e. The Morgan fingerprint density at radius 3 is 2.72 bits per heavy atom. The summed E-state index contributed by atoms with van der Waals surface area (Å²) in [5.74, 6) is -0.871. The second-order valence-electron chi connectivity index (χ2n) is 5.17. The number of hydrogen-bond acceptors (Lipinski definition) is 3. The number of aromatic carboxylic acids is 1. The van der Waals surface area contributed by atoms with E-state index in [4.69, 9.17) is 5.11 Å². The molecule has 1 aromatic rings. The summed E-state index contributed by atoms with van der Waals surface area (Å²) < 4.78 is 0. The maximum absolute atomic E-state index is 10.8. The predicted molar refractivity (Wildman–Crippen MR) is 70.0 cm³/mol. The molecule has 2 aliphatic rings. The number of rotatable bonds is 3. The zero-order valence-electron chi connectivity index (χ0n) is 10.3. The van der Waals surface area contributed by atoms with Crippen LogP contribution >= 0.6 is 0 Å². The molecule has 2 atom stereocenters. The second kappa shape index (κ2) is 4.61. The highest BCUT2D eigenvalue weighted by molar-refractivity contribution is 5.88. The van der Waals surface area contributed by atoms with Crippen LogP contribution in [0.4, 0.5) is 5.69 Å². The largest absolute Gasteiger partial charge is 0.478 e. The van der Waals surface area contributed by atoms with E-state index in [0.29, 0.717) is 17.6 Å². The Kier molecular flexibility index (Phi) is 2.96. The van der Waals surface area contributed by atoms with Crippen molar-refractivity contribution < 1.29 is 9.90 Å². The molecule has 0 radical (unpaired) electrons. The smallest absolute Gasteiger partial charge is 0.335 e. The minimum Gasteiger partial charge on any atom is -0.478 e. The molecule has 0 bridgehead atoms. The van der Waals surface area contributed by atoms with Gasteiger partial charge in [-0.3, -0.25) is 4.90 Å². The van der Waals surface area contributed by atoms with Crippen LogP contribution in [0, 0.1) is 0 Å². The summed E-state index contributed by atoms with van der Waals surface area (Å²) in [6.07, 6.45) is 3.77. The van der Waals surface area contributed by atoms with E-state index in [0.717, 1.165) is 5.69 Å². The highest BCUT2D eigenvalue weighted by Crippen LogP contribution is 2.30. The van der Waals surface area contributed by atoms with E-state index in [1.165, 1.54) is 32.4 Å². The number of benzene rings is 1. The van der Waals surface area contributed by atoms with Crippen LogP contribution < -0.4 is 5.32 Å². The topological polar surface area (TPSA) is 52.6 Å². The molecule has 96 valence electrons. The number of nitrogens with one attached hydrogen (secondary N) is 1. The summed E-state index contributed by atoms with van der Waals surface area (Å²) in [4.78, 5) is 13.3. The first-order valence-electron chi connectivity index (χ1n) is 6.58. The molecule has 2 aliphatic heterocycles. The number of hydrogen-bond donors (Lipinski definition) is 2. The summed E-state index contributed by atoms with van der Waals surface area (Å²) in [7, 11) is 0. The predicted octanol–water partition coefficient (Wildman–Crippen LogP) is 2.03. The number of fused-ring (bicyclic) bond motifs is 1. The Bertz CT molecular complexity index is 444. The zero-order chi connectivity index (χ0) is 12.5. The molecule has 4 nitrogen and oxygen atoms in total.